The second-order valence-electron chi connectivity index (χ2n) is 4.46. The lowest BCUT2D eigenvalue weighted by Crippen LogP contribution is -2.13. The predicted octanol–water partition coefficient (Wildman–Crippen LogP) is 4.26. The quantitative estimate of drug-likeness (QED) is 0.774. The molecule has 0 fully saturated rings. The highest BCUT2D eigenvalue weighted by molar-refractivity contribution is 9.10. The van der Waals surface area contributed by atoms with Crippen molar-refractivity contribution in [2.45, 2.75) is 10.9 Å². The highest BCUT2D eigenvalue weighted by Gasteiger charge is 2.11. The van der Waals surface area contributed by atoms with Crippen LogP contribution in [-0.4, -0.2) is 20.0 Å². The lowest BCUT2D eigenvalue weighted by Gasteiger charge is -2.15. The summed E-state index contributed by atoms with van der Waals surface area (Å²) in [5.41, 5.74) is 7.31. The number of rotatable bonds is 6. The molecule has 2 aromatic rings. The molecule has 1 unspecified atom stereocenters. The highest BCUT2D eigenvalue weighted by Crippen LogP contribution is 2.33. The first kappa shape index (κ1) is 16.2. The van der Waals surface area contributed by atoms with Gasteiger partial charge in [0.05, 0.1) is 14.2 Å². The highest BCUT2D eigenvalue weighted by atomic mass is 79.9. The van der Waals surface area contributed by atoms with Crippen LogP contribution in [0.15, 0.2) is 51.8 Å². The Bertz CT molecular complexity index is 607. The van der Waals surface area contributed by atoms with E-state index in [0.29, 0.717) is 11.5 Å². The molecule has 0 heterocycles. The molecule has 2 N–H and O–H groups in total. The van der Waals surface area contributed by atoms with Gasteiger partial charge in [-0.05, 0) is 45.8 Å². The van der Waals surface area contributed by atoms with Crippen LogP contribution in [0.5, 0.6) is 11.5 Å². The van der Waals surface area contributed by atoms with Gasteiger partial charge in [-0.2, -0.15) is 0 Å². The average Bonchev–Trinajstić information content (AvgIpc) is 2.53. The van der Waals surface area contributed by atoms with E-state index in [1.807, 2.05) is 36.4 Å². The minimum atomic E-state index is -0.0677. The first-order valence-electron chi connectivity index (χ1n) is 6.50. The Balaban J connectivity index is 2.06. The molecule has 0 amide bonds. The number of methoxy groups -OCH3 is 2. The summed E-state index contributed by atoms with van der Waals surface area (Å²) in [6, 6.07) is 13.9. The summed E-state index contributed by atoms with van der Waals surface area (Å²) in [7, 11) is 3.25. The van der Waals surface area contributed by atoms with Gasteiger partial charge in [-0.3, -0.25) is 0 Å². The molecule has 0 saturated heterocycles. The Morgan fingerprint density at radius 1 is 1.10 bits per heavy atom. The molecule has 112 valence electrons. The van der Waals surface area contributed by atoms with Crippen LogP contribution in [0.25, 0.3) is 0 Å². The van der Waals surface area contributed by atoms with Gasteiger partial charge in [0.15, 0.2) is 11.5 Å². The first-order chi connectivity index (χ1) is 10.2. The van der Waals surface area contributed by atoms with E-state index in [2.05, 4.69) is 22.0 Å². The summed E-state index contributed by atoms with van der Waals surface area (Å²) in [4.78, 5) is 1.19. The summed E-state index contributed by atoms with van der Waals surface area (Å²) in [5, 5.41) is 0. The van der Waals surface area contributed by atoms with Crippen LogP contribution in [0.3, 0.4) is 0 Å². The molecule has 0 spiro atoms. The third kappa shape index (κ3) is 4.15. The smallest absolute Gasteiger partial charge is 0.161 e. The molecule has 2 rings (SSSR count). The van der Waals surface area contributed by atoms with Crippen LogP contribution in [0.1, 0.15) is 11.6 Å². The third-order valence-corrected chi connectivity index (χ3v) is 5.24. The van der Waals surface area contributed by atoms with Crippen molar-refractivity contribution in [3.05, 3.63) is 52.5 Å². The maximum absolute atomic E-state index is 6.28. The number of hydrogen-bond acceptors (Lipinski definition) is 4. The van der Waals surface area contributed by atoms with E-state index in [9.17, 15) is 0 Å². The molecule has 0 aliphatic heterocycles. The molecule has 0 aliphatic rings. The summed E-state index contributed by atoms with van der Waals surface area (Å²) in [5.74, 6) is 2.21. The van der Waals surface area contributed by atoms with Gasteiger partial charge in [-0.15, -0.1) is 11.8 Å². The minimum Gasteiger partial charge on any atom is -0.493 e. The standard InChI is InChI=1S/C16H18BrNO2S/c1-19-14-8-7-11(9-15(14)20-2)13(18)10-21-16-6-4-3-5-12(16)17/h3-9,13H,10,18H2,1-2H3. The predicted molar refractivity (Wildman–Crippen MR) is 91.3 cm³/mol. The van der Waals surface area contributed by atoms with E-state index >= 15 is 0 Å². The fraction of sp³-hybridized carbons (Fsp3) is 0.250. The van der Waals surface area contributed by atoms with Gasteiger partial charge in [0.25, 0.3) is 0 Å². The molecule has 0 aromatic heterocycles. The second-order valence-corrected chi connectivity index (χ2v) is 6.38. The van der Waals surface area contributed by atoms with E-state index in [4.69, 9.17) is 15.2 Å². The summed E-state index contributed by atoms with van der Waals surface area (Å²) in [6.45, 7) is 0. The molecule has 0 saturated carbocycles. The number of thioether (sulfide) groups is 1. The molecule has 0 bridgehead atoms. The zero-order chi connectivity index (χ0) is 15.2. The Morgan fingerprint density at radius 2 is 1.81 bits per heavy atom. The van der Waals surface area contributed by atoms with Crippen molar-refractivity contribution in [2.24, 2.45) is 5.73 Å². The lowest BCUT2D eigenvalue weighted by atomic mass is 10.1. The zero-order valence-electron chi connectivity index (χ0n) is 12.0. The van der Waals surface area contributed by atoms with Crippen molar-refractivity contribution in [3.8, 4) is 11.5 Å². The van der Waals surface area contributed by atoms with E-state index in [-0.39, 0.29) is 6.04 Å². The molecule has 0 radical (unpaired) electrons. The SMILES string of the molecule is COc1ccc(C(N)CSc2ccccc2Br)cc1OC. The fourth-order valence-electron chi connectivity index (χ4n) is 1.92. The summed E-state index contributed by atoms with van der Waals surface area (Å²) < 4.78 is 11.6. The maximum atomic E-state index is 6.28. The van der Waals surface area contributed by atoms with Gasteiger partial charge < -0.3 is 15.2 Å². The third-order valence-electron chi connectivity index (χ3n) is 3.09. The summed E-state index contributed by atoms with van der Waals surface area (Å²) in [6.07, 6.45) is 0. The fourth-order valence-corrected chi connectivity index (χ4v) is 3.48. The van der Waals surface area contributed by atoms with Crippen molar-refractivity contribution in [3.63, 3.8) is 0 Å². The molecule has 2 aromatic carbocycles. The topological polar surface area (TPSA) is 44.5 Å². The number of benzene rings is 2. The Morgan fingerprint density at radius 3 is 2.48 bits per heavy atom. The zero-order valence-corrected chi connectivity index (χ0v) is 14.4. The number of halogens is 1. The molecule has 5 heteroatoms. The van der Waals surface area contributed by atoms with Crippen LogP contribution >= 0.6 is 27.7 Å². The molecule has 1 atom stereocenters. The second kappa shape index (κ2) is 7.73. The van der Waals surface area contributed by atoms with E-state index in [0.717, 1.165) is 15.8 Å². The normalized spacial score (nSPS) is 12.0. The monoisotopic (exact) mass is 367 g/mol. The van der Waals surface area contributed by atoms with Crippen LogP contribution < -0.4 is 15.2 Å². The van der Waals surface area contributed by atoms with Crippen LogP contribution in [0.2, 0.25) is 0 Å². The van der Waals surface area contributed by atoms with Crippen molar-refractivity contribution in [1.29, 1.82) is 0 Å². The van der Waals surface area contributed by atoms with Gasteiger partial charge in [0.1, 0.15) is 0 Å². The van der Waals surface area contributed by atoms with Crippen molar-refractivity contribution < 1.29 is 9.47 Å². The number of ether oxygens (including phenoxy) is 2. The lowest BCUT2D eigenvalue weighted by molar-refractivity contribution is 0.354. The van der Waals surface area contributed by atoms with Gasteiger partial charge in [0, 0.05) is 21.2 Å². The number of hydrogen-bond donors (Lipinski definition) is 1. The Labute approximate surface area is 138 Å². The van der Waals surface area contributed by atoms with Crippen molar-refractivity contribution in [2.75, 3.05) is 20.0 Å². The van der Waals surface area contributed by atoms with E-state index in [1.54, 1.807) is 26.0 Å². The van der Waals surface area contributed by atoms with Gasteiger partial charge >= 0.3 is 0 Å². The first-order valence-corrected chi connectivity index (χ1v) is 8.28. The Kier molecular flexibility index (Phi) is 5.96. The largest absolute Gasteiger partial charge is 0.493 e. The van der Waals surface area contributed by atoms with Crippen LogP contribution in [0.4, 0.5) is 0 Å². The maximum Gasteiger partial charge on any atom is 0.161 e. The Hall–Kier alpha value is -1.17. The van der Waals surface area contributed by atoms with Gasteiger partial charge in [-0.25, -0.2) is 0 Å². The number of nitrogens with two attached hydrogens (primary N) is 1. The molecule has 0 aliphatic carbocycles. The molecule has 21 heavy (non-hydrogen) atoms. The van der Waals surface area contributed by atoms with Gasteiger partial charge in [0.2, 0.25) is 0 Å². The van der Waals surface area contributed by atoms with Crippen molar-refractivity contribution in [1.82, 2.24) is 0 Å². The molecular weight excluding hydrogens is 350 g/mol. The van der Waals surface area contributed by atoms with Crippen molar-refractivity contribution >= 4 is 27.7 Å². The van der Waals surface area contributed by atoms with E-state index < -0.39 is 0 Å². The van der Waals surface area contributed by atoms with Crippen LogP contribution in [-0.2, 0) is 0 Å². The molecule has 3 nitrogen and oxygen atoms in total. The minimum absolute atomic E-state index is 0.0677. The summed E-state index contributed by atoms with van der Waals surface area (Å²) >= 11 is 5.28. The van der Waals surface area contributed by atoms with Gasteiger partial charge in [-0.1, -0.05) is 18.2 Å². The molecular formula is C16H18BrNO2S. The van der Waals surface area contributed by atoms with Crippen LogP contribution in [0, 0.1) is 0 Å². The van der Waals surface area contributed by atoms with E-state index in [1.165, 1.54) is 4.90 Å². The average molecular weight is 368 g/mol.